The summed E-state index contributed by atoms with van der Waals surface area (Å²) in [5.41, 5.74) is 2.51. The van der Waals surface area contributed by atoms with Crippen molar-refractivity contribution in [1.29, 1.82) is 0 Å². The number of hydrogen-bond donors (Lipinski definition) is 0. The summed E-state index contributed by atoms with van der Waals surface area (Å²) in [6.07, 6.45) is 3.62. The van der Waals surface area contributed by atoms with Crippen LogP contribution < -0.4 is 9.47 Å². The van der Waals surface area contributed by atoms with Gasteiger partial charge in [0.25, 0.3) is 5.69 Å². The number of rotatable bonds is 4. The van der Waals surface area contributed by atoms with Gasteiger partial charge in [0, 0.05) is 0 Å². The van der Waals surface area contributed by atoms with Crippen molar-refractivity contribution in [1.82, 2.24) is 0 Å². The molecule has 1 aromatic carbocycles. The molecule has 0 atom stereocenters. The minimum Gasteiger partial charge on any atom is -0.493 e. The summed E-state index contributed by atoms with van der Waals surface area (Å²) in [6.45, 7) is 8.27. The second-order valence-corrected chi connectivity index (χ2v) is 6.24. The average Bonchev–Trinajstić information content (AvgIpc) is 2.43. The number of benzene rings is 1. The molecule has 0 saturated carbocycles. The van der Waals surface area contributed by atoms with Crippen molar-refractivity contribution in [3.63, 3.8) is 0 Å². The van der Waals surface area contributed by atoms with Crippen molar-refractivity contribution in [2.75, 3.05) is 14.2 Å². The van der Waals surface area contributed by atoms with E-state index in [1.807, 2.05) is 0 Å². The fraction of sp³-hybridized carbons (Fsp3) is 0.412. The van der Waals surface area contributed by atoms with E-state index < -0.39 is 0 Å². The predicted octanol–water partition coefficient (Wildman–Crippen LogP) is 4.37. The van der Waals surface area contributed by atoms with E-state index in [2.05, 4.69) is 26.5 Å². The second-order valence-electron chi connectivity index (χ2n) is 6.24. The summed E-state index contributed by atoms with van der Waals surface area (Å²) in [4.78, 5) is 11.0. The summed E-state index contributed by atoms with van der Waals surface area (Å²) in [7, 11) is 2.98. The van der Waals surface area contributed by atoms with Gasteiger partial charge in [-0.05, 0) is 29.9 Å². The average molecular weight is 303 g/mol. The number of hydrogen-bond acceptors (Lipinski definition) is 4. The summed E-state index contributed by atoms with van der Waals surface area (Å²) < 4.78 is 10.4. The maximum absolute atomic E-state index is 11.4. The highest BCUT2D eigenvalue weighted by Crippen LogP contribution is 2.44. The molecule has 1 aromatic rings. The zero-order valence-electron chi connectivity index (χ0n) is 13.4. The quantitative estimate of drug-likeness (QED) is 0.470. The molecule has 1 aliphatic carbocycles. The number of ether oxygens (including phenoxy) is 2. The summed E-state index contributed by atoms with van der Waals surface area (Å²) in [5.74, 6) is 0.838. The van der Waals surface area contributed by atoms with Crippen LogP contribution in [0.3, 0.4) is 0 Å². The molecule has 0 bridgehead atoms. The van der Waals surface area contributed by atoms with Gasteiger partial charge in [0.05, 0.1) is 30.8 Å². The molecule has 1 aliphatic rings. The minimum atomic E-state index is -0.386. The Hall–Kier alpha value is -2.30. The molecular weight excluding hydrogens is 282 g/mol. The molecule has 0 radical (unpaired) electrons. The highest BCUT2D eigenvalue weighted by atomic mass is 16.6. The van der Waals surface area contributed by atoms with Gasteiger partial charge in [-0.15, -0.1) is 0 Å². The maximum atomic E-state index is 11.4. The lowest BCUT2D eigenvalue weighted by molar-refractivity contribution is -0.385. The van der Waals surface area contributed by atoms with E-state index in [-0.39, 0.29) is 16.0 Å². The van der Waals surface area contributed by atoms with Crippen LogP contribution in [0.2, 0.25) is 0 Å². The Morgan fingerprint density at radius 1 is 1.23 bits per heavy atom. The minimum absolute atomic E-state index is 0.0226. The molecule has 0 amide bonds. The molecule has 22 heavy (non-hydrogen) atoms. The van der Waals surface area contributed by atoms with E-state index in [0.29, 0.717) is 23.5 Å². The number of nitro groups is 1. The van der Waals surface area contributed by atoms with E-state index in [4.69, 9.17) is 9.47 Å². The number of nitrogens with zero attached hydrogens (tertiary/aromatic N) is 1. The molecule has 0 spiro atoms. The zero-order chi connectivity index (χ0) is 16.5. The third-order valence-electron chi connectivity index (χ3n) is 3.76. The van der Waals surface area contributed by atoms with Gasteiger partial charge < -0.3 is 9.47 Å². The first kappa shape index (κ1) is 16.1. The monoisotopic (exact) mass is 303 g/mol. The standard InChI is InChI=1S/C17H21NO4/c1-11-6-12(10-17(2,3)9-11)13-7-15(21-4)16(22-5)8-14(13)18(19)20/h7-8,10H,1,6,9H2,2-5H3. The van der Waals surface area contributed by atoms with Crippen molar-refractivity contribution in [3.05, 3.63) is 46.0 Å². The lowest BCUT2D eigenvalue weighted by Gasteiger charge is -2.29. The van der Waals surface area contributed by atoms with Gasteiger partial charge in [0.2, 0.25) is 0 Å². The molecule has 5 nitrogen and oxygen atoms in total. The van der Waals surface area contributed by atoms with E-state index in [9.17, 15) is 10.1 Å². The molecule has 0 aromatic heterocycles. The Bertz CT molecular complexity index is 659. The summed E-state index contributed by atoms with van der Waals surface area (Å²) in [5, 5.41) is 11.4. The van der Waals surface area contributed by atoms with Crippen LogP contribution in [-0.2, 0) is 0 Å². The Kier molecular flexibility index (Phi) is 4.26. The molecule has 2 rings (SSSR count). The maximum Gasteiger partial charge on any atom is 0.280 e. The molecule has 118 valence electrons. The van der Waals surface area contributed by atoms with Crippen molar-refractivity contribution < 1.29 is 14.4 Å². The molecular formula is C17H21NO4. The topological polar surface area (TPSA) is 61.6 Å². The van der Waals surface area contributed by atoms with Crippen LogP contribution in [0, 0.1) is 15.5 Å². The third kappa shape index (κ3) is 3.13. The van der Waals surface area contributed by atoms with Crippen LogP contribution in [-0.4, -0.2) is 19.1 Å². The largest absolute Gasteiger partial charge is 0.493 e. The third-order valence-corrected chi connectivity index (χ3v) is 3.76. The molecule has 0 saturated heterocycles. The summed E-state index contributed by atoms with van der Waals surface area (Å²) in [6, 6.07) is 3.09. The highest BCUT2D eigenvalue weighted by Gasteiger charge is 2.28. The van der Waals surface area contributed by atoms with Crippen molar-refractivity contribution in [2.45, 2.75) is 26.7 Å². The molecule has 0 N–H and O–H groups in total. The fourth-order valence-corrected chi connectivity index (χ4v) is 3.00. The van der Waals surface area contributed by atoms with Crippen molar-refractivity contribution >= 4 is 11.3 Å². The first-order valence-corrected chi connectivity index (χ1v) is 7.06. The normalized spacial score (nSPS) is 16.9. The van der Waals surface area contributed by atoms with Crippen LogP contribution in [0.1, 0.15) is 32.3 Å². The SMILES string of the molecule is C=C1CC(c2cc(OC)c(OC)cc2[N+](=O)[O-])=CC(C)(C)C1. The number of methoxy groups -OCH3 is 2. The fourth-order valence-electron chi connectivity index (χ4n) is 3.00. The molecule has 0 aliphatic heterocycles. The van der Waals surface area contributed by atoms with Crippen LogP contribution >= 0.6 is 0 Å². The van der Waals surface area contributed by atoms with Crippen LogP contribution in [0.5, 0.6) is 11.5 Å². The lowest BCUT2D eigenvalue weighted by atomic mass is 9.75. The van der Waals surface area contributed by atoms with Crippen LogP contribution in [0.15, 0.2) is 30.4 Å². The smallest absolute Gasteiger partial charge is 0.280 e. The number of nitro benzene ring substituents is 1. The highest BCUT2D eigenvalue weighted by molar-refractivity contribution is 5.78. The van der Waals surface area contributed by atoms with E-state index in [0.717, 1.165) is 17.6 Å². The zero-order valence-corrected chi connectivity index (χ0v) is 13.4. The van der Waals surface area contributed by atoms with Crippen molar-refractivity contribution in [3.8, 4) is 11.5 Å². The van der Waals surface area contributed by atoms with Gasteiger partial charge in [-0.3, -0.25) is 10.1 Å². The van der Waals surface area contributed by atoms with Crippen LogP contribution in [0.4, 0.5) is 5.69 Å². The Morgan fingerprint density at radius 2 is 1.82 bits per heavy atom. The summed E-state index contributed by atoms with van der Waals surface area (Å²) >= 11 is 0. The lowest BCUT2D eigenvalue weighted by Crippen LogP contribution is -2.15. The van der Waals surface area contributed by atoms with Gasteiger partial charge in [0.15, 0.2) is 11.5 Å². The first-order chi connectivity index (χ1) is 10.3. The Morgan fingerprint density at radius 3 is 2.32 bits per heavy atom. The molecule has 5 heteroatoms. The molecule has 0 heterocycles. The van der Waals surface area contributed by atoms with E-state index in [1.54, 1.807) is 6.07 Å². The van der Waals surface area contributed by atoms with Gasteiger partial charge in [0.1, 0.15) is 0 Å². The van der Waals surface area contributed by atoms with Crippen LogP contribution in [0.25, 0.3) is 5.57 Å². The van der Waals surface area contributed by atoms with Gasteiger partial charge >= 0.3 is 0 Å². The van der Waals surface area contributed by atoms with Crippen molar-refractivity contribution in [2.24, 2.45) is 5.41 Å². The number of allylic oxidation sites excluding steroid dienone is 3. The van der Waals surface area contributed by atoms with E-state index in [1.165, 1.54) is 20.3 Å². The molecule has 0 fully saturated rings. The van der Waals surface area contributed by atoms with Gasteiger partial charge in [-0.1, -0.05) is 32.1 Å². The second kappa shape index (κ2) is 5.83. The molecule has 0 unspecified atom stereocenters. The Labute approximate surface area is 130 Å². The van der Waals surface area contributed by atoms with Gasteiger partial charge in [-0.25, -0.2) is 0 Å². The van der Waals surface area contributed by atoms with Gasteiger partial charge in [-0.2, -0.15) is 0 Å². The predicted molar refractivity (Wildman–Crippen MR) is 86.3 cm³/mol. The Balaban J connectivity index is 2.65. The van der Waals surface area contributed by atoms with E-state index >= 15 is 0 Å². The first-order valence-electron chi connectivity index (χ1n) is 7.06.